The summed E-state index contributed by atoms with van der Waals surface area (Å²) in [5, 5.41) is 13.0. The zero-order valence-electron chi connectivity index (χ0n) is 15.2. The third kappa shape index (κ3) is 3.39. The summed E-state index contributed by atoms with van der Waals surface area (Å²) < 4.78 is 41.1. The number of benzene rings is 2. The van der Waals surface area contributed by atoms with Gasteiger partial charge in [0, 0.05) is 30.5 Å². The Bertz CT molecular complexity index is 1030. The molecule has 0 amide bonds. The minimum Gasteiger partial charge on any atom is -0.478 e. The maximum absolute atomic E-state index is 14.7. The second-order valence-corrected chi connectivity index (χ2v) is 6.93. The number of carboxylic acid groups (broad SMARTS) is 1. The molecule has 7 heteroatoms. The van der Waals surface area contributed by atoms with Crippen molar-refractivity contribution in [3.63, 3.8) is 0 Å². The molecule has 0 spiro atoms. The van der Waals surface area contributed by atoms with Crippen LogP contribution in [0.2, 0.25) is 0 Å². The van der Waals surface area contributed by atoms with Crippen LogP contribution >= 0.6 is 0 Å². The van der Waals surface area contributed by atoms with Gasteiger partial charge < -0.3 is 19.6 Å². The normalized spacial score (nSPS) is 17.2. The molecule has 0 bridgehead atoms. The van der Waals surface area contributed by atoms with Crippen LogP contribution in [0.5, 0.6) is 0 Å². The maximum Gasteiger partial charge on any atom is 0.335 e. The molecule has 146 valence electrons. The van der Waals surface area contributed by atoms with Crippen molar-refractivity contribution in [2.75, 3.05) is 19.7 Å². The van der Waals surface area contributed by atoms with E-state index < -0.39 is 23.2 Å². The zero-order valence-corrected chi connectivity index (χ0v) is 15.2. The molecule has 3 aromatic rings. The van der Waals surface area contributed by atoms with Gasteiger partial charge in [0.05, 0.1) is 23.8 Å². The predicted octanol–water partition coefficient (Wildman–Crippen LogP) is 3.92. The Morgan fingerprint density at radius 1 is 1.25 bits per heavy atom. The standard InChI is InChI=1S/C21H19F2NO4/c1-11-2-3-14-15(9-13-10-24-4-5-27-13)20(28-18(14)6-11)19-16(22)7-12(21(25)26)8-17(19)23/h2-3,6-8,13,24H,4-5,9-10H2,1H3,(H,25,26). The van der Waals surface area contributed by atoms with Crippen LogP contribution in [0.3, 0.4) is 0 Å². The Morgan fingerprint density at radius 2 is 2.00 bits per heavy atom. The molecule has 1 fully saturated rings. The van der Waals surface area contributed by atoms with Crippen molar-refractivity contribution in [3.8, 4) is 11.3 Å². The second-order valence-electron chi connectivity index (χ2n) is 6.93. The smallest absolute Gasteiger partial charge is 0.335 e. The van der Waals surface area contributed by atoms with Crippen LogP contribution in [0.15, 0.2) is 34.7 Å². The molecule has 2 heterocycles. The van der Waals surface area contributed by atoms with Crippen molar-refractivity contribution >= 4 is 16.9 Å². The van der Waals surface area contributed by atoms with Crippen molar-refractivity contribution in [3.05, 3.63) is 58.7 Å². The zero-order chi connectivity index (χ0) is 19.8. The first-order chi connectivity index (χ1) is 13.4. The first-order valence-corrected chi connectivity index (χ1v) is 9.01. The van der Waals surface area contributed by atoms with Crippen LogP contribution in [0.25, 0.3) is 22.3 Å². The topological polar surface area (TPSA) is 71.7 Å². The highest BCUT2D eigenvalue weighted by Gasteiger charge is 2.26. The molecular weight excluding hydrogens is 368 g/mol. The third-order valence-electron chi connectivity index (χ3n) is 4.90. The number of ether oxygens (including phenoxy) is 1. The molecule has 4 rings (SSSR count). The van der Waals surface area contributed by atoms with Gasteiger partial charge in [0.25, 0.3) is 0 Å². The summed E-state index contributed by atoms with van der Waals surface area (Å²) in [6, 6.07) is 7.20. The third-order valence-corrected chi connectivity index (χ3v) is 4.90. The highest BCUT2D eigenvalue weighted by molar-refractivity contribution is 5.91. The van der Waals surface area contributed by atoms with Crippen molar-refractivity contribution < 1.29 is 27.8 Å². The number of fused-ring (bicyclic) bond motifs is 1. The number of carboxylic acids is 1. The maximum atomic E-state index is 14.7. The van der Waals surface area contributed by atoms with Crippen LogP contribution in [-0.4, -0.2) is 36.9 Å². The average molecular weight is 387 g/mol. The van der Waals surface area contributed by atoms with Gasteiger partial charge in [-0.2, -0.15) is 0 Å². The highest BCUT2D eigenvalue weighted by Crippen LogP contribution is 2.38. The summed E-state index contributed by atoms with van der Waals surface area (Å²) in [5.74, 6) is -3.28. The van der Waals surface area contributed by atoms with Crippen molar-refractivity contribution in [2.45, 2.75) is 19.4 Å². The SMILES string of the molecule is Cc1ccc2c(CC3CNCCO3)c(-c3c(F)cc(C(=O)O)cc3F)oc2c1. The van der Waals surface area contributed by atoms with E-state index in [-0.39, 0.29) is 17.4 Å². The molecule has 2 aromatic carbocycles. The molecule has 1 saturated heterocycles. The quantitative estimate of drug-likeness (QED) is 0.710. The van der Waals surface area contributed by atoms with Crippen LogP contribution < -0.4 is 5.32 Å². The van der Waals surface area contributed by atoms with Crippen molar-refractivity contribution in [2.24, 2.45) is 0 Å². The Balaban J connectivity index is 1.88. The molecule has 1 aliphatic rings. The van der Waals surface area contributed by atoms with E-state index in [1.54, 1.807) is 0 Å². The van der Waals surface area contributed by atoms with E-state index in [4.69, 9.17) is 14.3 Å². The fourth-order valence-electron chi connectivity index (χ4n) is 3.55. The molecule has 28 heavy (non-hydrogen) atoms. The van der Waals surface area contributed by atoms with Gasteiger partial charge in [-0.15, -0.1) is 0 Å². The lowest BCUT2D eigenvalue weighted by Crippen LogP contribution is -2.39. The molecule has 5 nitrogen and oxygen atoms in total. The molecule has 2 N–H and O–H groups in total. The number of carbonyl (C=O) groups is 1. The molecule has 1 atom stereocenters. The Hall–Kier alpha value is -2.77. The largest absolute Gasteiger partial charge is 0.478 e. The van der Waals surface area contributed by atoms with Gasteiger partial charge in [-0.25, -0.2) is 13.6 Å². The van der Waals surface area contributed by atoms with E-state index >= 15 is 0 Å². The van der Waals surface area contributed by atoms with E-state index in [9.17, 15) is 13.6 Å². The van der Waals surface area contributed by atoms with Gasteiger partial charge in [0.1, 0.15) is 23.0 Å². The van der Waals surface area contributed by atoms with Crippen molar-refractivity contribution in [1.29, 1.82) is 0 Å². The van der Waals surface area contributed by atoms with Gasteiger partial charge >= 0.3 is 5.97 Å². The first-order valence-electron chi connectivity index (χ1n) is 9.01. The van der Waals surface area contributed by atoms with E-state index in [0.717, 1.165) is 29.6 Å². The number of aromatic carboxylic acids is 1. The average Bonchev–Trinajstić information content (AvgIpc) is 2.99. The fourth-order valence-corrected chi connectivity index (χ4v) is 3.55. The monoisotopic (exact) mass is 387 g/mol. The van der Waals surface area contributed by atoms with Gasteiger partial charge in [-0.05, 0) is 30.7 Å². The summed E-state index contributed by atoms with van der Waals surface area (Å²) in [7, 11) is 0. The number of rotatable bonds is 4. The molecular formula is C21H19F2NO4. The number of hydrogen-bond acceptors (Lipinski definition) is 4. The molecule has 0 saturated carbocycles. The summed E-state index contributed by atoms with van der Waals surface area (Å²) in [6.07, 6.45) is 0.261. The van der Waals surface area contributed by atoms with E-state index in [0.29, 0.717) is 30.7 Å². The minimum absolute atomic E-state index is 0.0710. The fraction of sp³-hybridized carbons (Fsp3) is 0.286. The Labute approximate surface area is 159 Å². The van der Waals surface area contributed by atoms with Crippen molar-refractivity contribution in [1.82, 2.24) is 5.32 Å². The summed E-state index contributed by atoms with van der Waals surface area (Å²) >= 11 is 0. The molecule has 0 aliphatic carbocycles. The number of furan rings is 1. The van der Waals surface area contributed by atoms with Gasteiger partial charge in [-0.3, -0.25) is 0 Å². The Morgan fingerprint density at radius 3 is 2.64 bits per heavy atom. The van der Waals surface area contributed by atoms with E-state index in [1.165, 1.54) is 0 Å². The van der Waals surface area contributed by atoms with E-state index in [2.05, 4.69) is 5.32 Å². The summed E-state index contributed by atoms with van der Waals surface area (Å²) in [5.41, 5.74) is 1.31. The summed E-state index contributed by atoms with van der Waals surface area (Å²) in [6.45, 7) is 3.85. The van der Waals surface area contributed by atoms with Gasteiger partial charge in [-0.1, -0.05) is 12.1 Å². The molecule has 1 aromatic heterocycles. The van der Waals surface area contributed by atoms with Gasteiger partial charge in [0.2, 0.25) is 0 Å². The lowest BCUT2D eigenvalue weighted by molar-refractivity contribution is 0.0294. The number of hydrogen-bond donors (Lipinski definition) is 2. The molecule has 1 aliphatic heterocycles. The minimum atomic E-state index is -1.40. The van der Waals surface area contributed by atoms with E-state index in [1.807, 2.05) is 25.1 Å². The first kappa shape index (κ1) is 18.6. The second kappa shape index (κ2) is 7.33. The summed E-state index contributed by atoms with van der Waals surface area (Å²) in [4.78, 5) is 11.1. The van der Waals surface area contributed by atoms with Crippen LogP contribution in [0, 0.1) is 18.6 Å². The van der Waals surface area contributed by atoms with Crippen LogP contribution in [-0.2, 0) is 11.2 Å². The number of nitrogens with one attached hydrogen (secondary N) is 1. The molecule has 0 radical (unpaired) electrons. The molecule has 1 unspecified atom stereocenters. The lowest BCUT2D eigenvalue weighted by Gasteiger charge is -2.23. The number of halogens is 2. The number of aryl methyl sites for hydroxylation is 1. The predicted molar refractivity (Wildman–Crippen MR) is 99.6 cm³/mol. The van der Waals surface area contributed by atoms with Gasteiger partial charge in [0.15, 0.2) is 0 Å². The highest BCUT2D eigenvalue weighted by atomic mass is 19.1. The number of morpholine rings is 1. The van der Waals surface area contributed by atoms with Crippen LogP contribution in [0.4, 0.5) is 8.78 Å². The lowest BCUT2D eigenvalue weighted by atomic mass is 9.98. The van der Waals surface area contributed by atoms with Crippen LogP contribution in [0.1, 0.15) is 21.5 Å². The Kier molecular flexibility index (Phi) is 4.87.